The lowest BCUT2D eigenvalue weighted by Gasteiger charge is -2.27. The quantitative estimate of drug-likeness (QED) is 0.727. The summed E-state index contributed by atoms with van der Waals surface area (Å²) in [6.45, 7) is 6.39. The van der Waals surface area contributed by atoms with Gasteiger partial charge in [0.25, 0.3) is 0 Å². The van der Waals surface area contributed by atoms with Crippen LogP contribution in [-0.4, -0.2) is 24.7 Å². The minimum atomic E-state index is -0.136. The van der Waals surface area contributed by atoms with E-state index in [1.165, 1.54) is 25.7 Å². The highest BCUT2D eigenvalue weighted by molar-refractivity contribution is 5.71. The Labute approximate surface area is 92.6 Å². The van der Waals surface area contributed by atoms with E-state index in [1.54, 1.807) is 0 Å². The van der Waals surface area contributed by atoms with E-state index in [4.69, 9.17) is 4.74 Å². The summed E-state index contributed by atoms with van der Waals surface area (Å²) in [5.74, 6) is 0.653. The van der Waals surface area contributed by atoms with Crippen LogP contribution >= 0.6 is 0 Å². The molecule has 0 aliphatic heterocycles. The van der Waals surface area contributed by atoms with Gasteiger partial charge in [0.05, 0.1) is 12.6 Å². The molecule has 2 unspecified atom stereocenters. The number of nitrogens with one attached hydrogen (secondary N) is 1. The normalized spacial score (nSPS) is 26.7. The summed E-state index contributed by atoms with van der Waals surface area (Å²) in [7, 11) is 0. The third-order valence-corrected chi connectivity index (χ3v) is 2.84. The van der Waals surface area contributed by atoms with Crippen molar-refractivity contribution in [1.82, 2.24) is 5.32 Å². The number of carbonyl (C=O) groups excluding carboxylic acids is 1. The number of ether oxygens (including phenoxy) is 1. The Morgan fingerprint density at radius 3 is 2.80 bits per heavy atom. The van der Waals surface area contributed by atoms with Crippen LogP contribution in [0.5, 0.6) is 0 Å². The van der Waals surface area contributed by atoms with Crippen LogP contribution in [0.25, 0.3) is 0 Å². The van der Waals surface area contributed by atoms with Crippen molar-refractivity contribution in [2.24, 2.45) is 5.92 Å². The number of rotatable bonds is 4. The fraction of sp³-hybridized carbons (Fsp3) is 0.917. The zero-order chi connectivity index (χ0) is 11.3. The Morgan fingerprint density at radius 1 is 1.47 bits per heavy atom. The number of hydrogen-bond donors (Lipinski definition) is 1. The van der Waals surface area contributed by atoms with E-state index in [1.807, 2.05) is 13.8 Å². The van der Waals surface area contributed by atoms with E-state index in [0.717, 1.165) is 5.92 Å². The monoisotopic (exact) mass is 213 g/mol. The first-order valence-electron chi connectivity index (χ1n) is 6.00. The molecule has 0 aromatic carbocycles. The predicted molar refractivity (Wildman–Crippen MR) is 60.7 cm³/mol. The SMILES string of the molecule is CC1CCCC(NCC(=O)OC(C)C)C1. The molecular formula is C12H23NO2. The molecule has 0 aromatic rings. The molecule has 0 bridgehead atoms. The Morgan fingerprint density at radius 2 is 2.20 bits per heavy atom. The van der Waals surface area contributed by atoms with Gasteiger partial charge in [-0.2, -0.15) is 0 Å². The van der Waals surface area contributed by atoms with E-state index < -0.39 is 0 Å². The third kappa shape index (κ3) is 5.17. The molecule has 0 radical (unpaired) electrons. The lowest BCUT2D eigenvalue weighted by Crippen LogP contribution is -2.38. The van der Waals surface area contributed by atoms with Gasteiger partial charge in [0, 0.05) is 6.04 Å². The molecule has 1 fully saturated rings. The second-order valence-electron chi connectivity index (χ2n) is 4.89. The van der Waals surface area contributed by atoms with Gasteiger partial charge < -0.3 is 10.1 Å². The Bertz CT molecular complexity index is 204. The van der Waals surface area contributed by atoms with Crippen LogP contribution in [0.4, 0.5) is 0 Å². The molecule has 3 heteroatoms. The molecule has 15 heavy (non-hydrogen) atoms. The lowest BCUT2D eigenvalue weighted by molar-refractivity contribution is -0.146. The van der Waals surface area contributed by atoms with Crippen LogP contribution in [-0.2, 0) is 9.53 Å². The van der Waals surface area contributed by atoms with E-state index in [2.05, 4.69) is 12.2 Å². The first kappa shape index (κ1) is 12.5. The summed E-state index contributed by atoms with van der Waals surface area (Å²) in [5, 5.41) is 3.28. The van der Waals surface area contributed by atoms with Crippen LogP contribution in [0.1, 0.15) is 46.5 Å². The highest BCUT2D eigenvalue weighted by atomic mass is 16.5. The molecule has 0 saturated heterocycles. The molecule has 0 spiro atoms. The van der Waals surface area contributed by atoms with Gasteiger partial charge in [-0.25, -0.2) is 0 Å². The van der Waals surface area contributed by atoms with Gasteiger partial charge in [-0.1, -0.05) is 19.8 Å². The molecule has 2 atom stereocenters. The van der Waals surface area contributed by atoms with Crippen molar-refractivity contribution in [3.8, 4) is 0 Å². The maximum Gasteiger partial charge on any atom is 0.320 e. The molecule has 1 rings (SSSR count). The molecule has 0 heterocycles. The molecule has 3 nitrogen and oxygen atoms in total. The molecular weight excluding hydrogens is 190 g/mol. The minimum absolute atomic E-state index is 0.00965. The first-order valence-corrected chi connectivity index (χ1v) is 6.00. The molecule has 0 amide bonds. The lowest BCUT2D eigenvalue weighted by atomic mass is 9.87. The fourth-order valence-electron chi connectivity index (χ4n) is 2.15. The van der Waals surface area contributed by atoms with Crippen molar-refractivity contribution in [2.75, 3.05) is 6.54 Å². The maximum absolute atomic E-state index is 11.3. The summed E-state index contributed by atoms with van der Waals surface area (Å²) in [6, 6.07) is 0.508. The van der Waals surface area contributed by atoms with Crippen molar-refractivity contribution in [1.29, 1.82) is 0 Å². The number of hydrogen-bond acceptors (Lipinski definition) is 3. The number of esters is 1. The zero-order valence-corrected chi connectivity index (χ0v) is 10.1. The van der Waals surface area contributed by atoms with Gasteiger partial charge in [-0.05, 0) is 32.6 Å². The van der Waals surface area contributed by atoms with Gasteiger partial charge >= 0.3 is 5.97 Å². The van der Waals surface area contributed by atoms with E-state index in [0.29, 0.717) is 12.6 Å². The topological polar surface area (TPSA) is 38.3 Å². The minimum Gasteiger partial charge on any atom is -0.462 e. The van der Waals surface area contributed by atoms with Crippen LogP contribution in [0.15, 0.2) is 0 Å². The van der Waals surface area contributed by atoms with Gasteiger partial charge in [-0.3, -0.25) is 4.79 Å². The molecule has 1 saturated carbocycles. The second kappa shape index (κ2) is 6.11. The highest BCUT2D eigenvalue weighted by Crippen LogP contribution is 2.23. The van der Waals surface area contributed by atoms with E-state index in [9.17, 15) is 4.79 Å². The highest BCUT2D eigenvalue weighted by Gasteiger charge is 2.19. The maximum atomic E-state index is 11.3. The van der Waals surface area contributed by atoms with Crippen LogP contribution in [0.2, 0.25) is 0 Å². The van der Waals surface area contributed by atoms with E-state index in [-0.39, 0.29) is 12.1 Å². The molecule has 1 aliphatic carbocycles. The molecule has 1 aliphatic rings. The van der Waals surface area contributed by atoms with Crippen molar-refractivity contribution >= 4 is 5.97 Å². The Balaban J connectivity index is 2.16. The van der Waals surface area contributed by atoms with Crippen molar-refractivity contribution in [2.45, 2.75) is 58.6 Å². The molecule has 0 aromatic heterocycles. The standard InChI is InChI=1S/C12H23NO2/c1-9(2)15-12(14)8-13-11-6-4-5-10(3)7-11/h9-11,13H,4-8H2,1-3H3. The van der Waals surface area contributed by atoms with Crippen LogP contribution in [0.3, 0.4) is 0 Å². The second-order valence-corrected chi connectivity index (χ2v) is 4.89. The number of carbonyl (C=O) groups is 1. The average Bonchev–Trinajstić information content (AvgIpc) is 2.14. The fourth-order valence-corrected chi connectivity index (χ4v) is 2.15. The van der Waals surface area contributed by atoms with Crippen molar-refractivity contribution in [3.05, 3.63) is 0 Å². The van der Waals surface area contributed by atoms with E-state index >= 15 is 0 Å². The smallest absolute Gasteiger partial charge is 0.320 e. The predicted octanol–water partition coefficient (Wildman–Crippen LogP) is 2.11. The van der Waals surface area contributed by atoms with Crippen molar-refractivity contribution in [3.63, 3.8) is 0 Å². The van der Waals surface area contributed by atoms with Crippen molar-refractivity contribution < 1.29 is 9.53 Å². The summed E-state index contributed by atoms with van der Waals surface area (Å²) in [4.78, 5) is 11.3. The van der Waals surface area contributed by atoms with Crippen LogP contribution < -0.4 is 5.32 Å². The zero-order valence-electron chi connectivity index (χ0n) is 10.1. The Kier molecular flexibility index (Phi) is 5.09. The van der Waals surface area contributed by atoms with Gasteiger partial charge in [0.2, 0.25) is 0 Å². The van der Waals surface area contributed by atoms with Gasteiger partial charge in [-0.15, -0.1) is 0 Å². The largest absolute Gasteiger partial charge is 0.462 e. The molecule has 88 valence electrons. The average molecular weight is 213 g/mol. The Hall–Kier alpha value is -0.570. The van der Waals surface area contributed by atoms with Gasteiger partial charge in [0.1, 0.15) is 0 Å². The third-order valence-electron chi connectivity index (χ3n) is 2.84. The first-order chi connectivity index (χ1) is 7.08. The summed E-state index contributed by atoms with van der Waals surface area (Å²) >= 11 is 0. The summed E-state index contributed by atoms with van der Waals surface area (Å²) < 4.78 is 5.07. The van der Waals surface area contributed by atoms with Crippen LogP contribution in [0, 0.1) is 5.92 Å². The molecule has 1 N–H and O–H groups in total. The summed E-state index contributed by atoms with van der Waals surface area (Å²) in [6.07, 6.45) is 4.98. The van der Waals surface area contributed by atoms with Gasteiger partial charge in [0.15, 0.2) is 0 Å². The summed E-state index contributed by atoms with van der Waals surface area (Å²) in [5.41, 5.74) is 0.